The summed E-state index contributed by atoms with van der Waals surface area (Å²) in [7, 11) is 1.62. The van der Waals surface area contributed by atoms with E-state index in [0.29, 0.717) is 16.9 Å². The summed E-state index contributed by atoms with van der Waals surface area (Å²) in [5.74, 6) is 2.82. The van der Waals surface area contributed by atoms with Crippen LogP contribution in [0.2, 0.25) is 0 Å². The molecule has 0 atom stereocenters. The van der Waals surface area contributed by atoms with Crippen LogP contribution in [0, 0.1) is 0 Å². The van der Waals surface area contributed by atoms with Gasteiger partial charge in [-0.3, -0.25) is 0 Å². The first kappa shape index (κ1) is 12.8. The molecule has 0 bridgehead atoms. The Kier molecular flexibility index (Phi) is 4.46. The Morgan fingerprint density at radius 3 is 2.89 bits per heavy atom. The molecule has 1 aromatic heterocycles. The zero-order valence-corrected chi connectivity index (χ0v) is 11.1. The van der Waals surface area contributed by atoms with Crippen LogP contribution in [0.15, 0.2) is 33.9 Å². The van der Waals surface area contributed by atoms with Gasteiger partial charge < -0.3 is 13.9 Å². The topological polar surface area (TPSA) is 57.4 Å². The SMILES string of the molecule is CCSc1nnc(COc2cccc(OC)c2)o1. The van der Waals surface area contributed by atoms with Gasteiger partial charge in [0.05, 0.1) is 7.11 Å². The molecule has 18 heavy (non-hydrogen) atoms. The van der Waals surface area contributed by atoms with Crippen molar-refractivity contribution in [3.63, 3.8) is 0 Å². The van der Waals surface area contributed by atoms with E-state index in [1.165, 1.54) is 11.8 Å². The summed E-state index contributed by atoms with van der Waals surface area (Å²) in [6.45, 7) is 2.28. The van der Waals surface area contributed by atoms with Gasteiger partial charge in [0.15, 0.2) is 6.61 Å². The second-order valence-electron chi connectivity index (χ2n) is 3.36. The lowest BCUT2D eigenvalue weighted by atomic mass is 10.3. The van der Waals surface area contributed by atoms with Crippen LogP contribution >= 0.6 is 11.8 Å². The number of hydrogen-bond acceptors (Lipinski definition) is 6. The molecule has 2 aromatic rings. The Morgan fingerprint density at radius 2 is 2.11 bits per heavy atom. The van der Waals surface area contributed by atoms with Gasteiger partial charge in [-0.15, -0.1) is 10.2 Å². The normalized spacial score (nSPS) is 10.3. The van der Waals surface area contributed by atoms with Crippen LogP contribution < -0.4 is 9.47 Å². The predicted octanol–water partition coefficient (Wildman–Crippen LogP) is 2.77. The van der Waals surface area contributed by atoms with E-state index in [2.05, 4.69) is 10.2 Å². The number of methoxy groups -OCH3 is 1. The number of benzene rings is 1. The van der Waals surface area contributed by atoms with Crippen LogP contribution in [-0.2, 0) is 6.61 Å². The molecule has 1 aromatic carbocycles. The summed E-state index contributed by atoms with van der Waals surface area (Å²) in [4.78, 5) is 0. The number of rotatable bonds is 6. The highest BCUT2D eigenvalue weighted by Gasteiger charge is 2.06. The molecule has 2 rings (SSSR count). The molecule has 5 nitrogen and oxygen atoms in total. The lowest BCUT2D eigenvalue weighted by molar-refractivity contribution is 0.251. The fourth-order valence-corrected chi connectivity index (χ4v) is 1.82. The minimum Gasteiger partial charge on any atom is -0.497 e. The van der Waals surface area contributed by atoms with E-state index in [4.69, 9.17) is 13.9 Å². The monoisotopic (exact) mass is 266 g/mol. The molecule has 0 aliphatic carbocycles. The van der Waals surface area contributed by atoms with Gasteiger partial charge >= 0.3 is 0 Å². The van der Waals surface area contributed by atoms with Crippen molar-refractivity contribution in [1.29, 1.82) is 0 Å². The molecule has 0 fully saturated rings. The van der Waals surface area contributed by atoms with E-state index in [1.54, 1.807) is 13.2 Å². The molecule has 0 aliphatic heterocycles. The summed E-state index contributed by atoms with van der Waals surface area (Å²) in [5.41, 5.74) is 0. The van der Waals surface area contributed by atoms with Crippen molar-refractivity contribution >= 4 is 11.8 Å². The van der Waals surface area contributed by atoms with Crippen LogP contribution in [0.5, 0.6) is 11.5 Å². The quantitative estimate of drug-likeness (QED) is 0.749. The van der Waals surface area contributed by atoms with Crippen LogP contribution in [0.3, 0.4) is 0 Å². The summed E-state index contributed by atoms with van der Waals surface area (Å²) in [6.07, 6.45) is 0. The Labute approximate surface area is 110 Å². The molecule has 0 N–H and O–H groups in total. The Balaban J connectivity index is 1.93. The maximum Gasteiger partial charge on any atom is 0.276 e. The third kappa shape index (κ3) is 3.40. The predicted molar refractivity (Wildman–Crippen MR) is 68.0 cm³/mol. The smallest absolute Gasteiger partial charge is 0.276 e. The van der Waals surface area contributed by atoms with E-state index in [9.17, 15) is 0 Å². The first-order chi connectivity index (χ1) is 8.81. The zero-order valence-electron chi connectivity index (χ0n) is 10.3. The van der Waals surface area contributed by atoms with Gasteiger partial charge in [-0.05, 0) is 17.9 Å². The van der Waals surface area contributed by atoms with E-state index in [-0.39, 0.29) is 6.61 Å². The third-order valence-electron chi connectivity index (χ3n) is 2.12. The maximum absolute atomic E-state index is 5.54. The maximum atomic E-state index is 5.54. The van der Waals surface area contributed by atoms with Gasteiger partial charge in [-0.25, -0.2) is 0 Å². The highest BCUT2D eigenvalue weighted by atomic mass is 32.2. The van der Waals surface area contributed by atoms with Gasteiger partial charge in [0, 0.05) is 6.07 Å². The molecule has 6 heteroatoms. The molecule has 96 valence electrons. The number of ether oxygens (including phenoxy) is 2. The third-order valence-corrected chi connectivity index (χ3v) is 2.82. The van der Waals surface area contributed by atoms with Gasteiger partial charge in [0.1, 0.15) is 11.5 Å². The first-order valence-electron chi connectivity index (χ1n) is 5.54. The molecular formula is C12H14N2O3S. The van der Waals surface area contributed by atoms with Crippen molar-refractivity contribution in [3.05, 3.63) is 30.2 Å². The molecule has 1 heterocycles. The molecule has 0 spiro atoms. The van der Waals surface area contributed by atoms with Crippen molar-refractivity contribution in [3.8, 4) is 11.5 Å². The van der Waals surface area contributed by atoms with E-state index in [1.807, 2.05) is 25.1 Å². The van der Waals surface area contributed by atoms with Crippen molar-refractivity contribution in [2.45, 2.75) is 18.8 Å². The highest BCUT2D eigenvalue weighted by Crippen LogP contribution is 2.20. The fraction of sp³-hybridized carbons (Fsp3) is 0.333. The van der Waals surface area contributed by atoms with Crippen molar-refractivity contribution in [2.75, 3.05) is 12.9 Å². The molecule has 0 amide bonds. The molecule has 0 radical (unpaired) electrons. The van der Waals surface area contributed by atoms with Crippen molar-refractivity contribution in [2.24, 2.45) is 0 Å². The number of thioether (sulfide) groups is 1. The van der Waals surface area contributed by atoms with E-state index >= 15 is 0 Å². The summed E-state index contributed by atoms with van der Waals surface area (Å²) in [5, 5.41) is 8.36. The lowest BCUT2D eigenvalue weighted by Gasteiger charge is -2.04. The number of hydrogen-bond donors (Lipinski definition) is 0. The number of aromatic nitrogens is 2. The second-order valence-corrected chi connectivity index (χ2v) is 4.58. The largest absolute Gasteiger partial charge is 0.497 e. The average Bonchev–Trinajstić information content (AvgIpc) is 2.85. The molecule has 0 unspecified atom stereocenters. The molecule has 0 saturated heterocycles. The van der Waals surface area contributed by atoms with E-state index < -0.39 is 0 Å². The van der Waals surface area contributed by atoms with Crippen LogP contribution in [0.4, 0.5) is 0 Å². The molecule has 0 saturated carbocycles. The Bertz CT molecular complexity index is 502. The average molecular weight is 266 g/mol. The van der Waals surface area contributed by atoms with Crippen LogP contribution in [0.1, 0.15) is 12.8 Å². The Hall–Kier alpha value is -1.69. The summed E-state index contributed by atoms with van der Waals surface area (Å²) >= 11 is 1.51. The minimum absolute atomic E-state index is 0.254. The molecule has 0 aliphatic rings. The standard InChI is InChI=1S/C12H14N2O3S/c1-3-18-12-14-13-11(17-12)8-16-10-6-4-5-9(7-10)15-2/h4-7H,3,8H2,1-2H3. The zero-order chi connectivity index (χ0) is 12.8. The number of nitrogens with zero attached hydrogens (tertiary/aromatic N) is 2. The van der Waals surface area contributed by atoms with Gasteiger partial charge in [-0.1, -0.05) is 24.8 Å². The summed E-state index contributed by atoms with van der Waals surface area (Å²) < 4.78 is 16.0. The Morgan fingerprint density at radius 1 is 1.28 bits per heavy atom. The lowest BCUT2D eigenvalue weighted by Crippen LogP contribution is -1.96. The van der Waals surface area contributed by atoms with Crippen molar-refractivity contribution < 1.29 is 13.9 Å². The van der Waals surface area contributed by atoms with Crippen molar-refractivity contribution in [1.82, 2.24) is 10.2 Å². The van der Waals surface area contributed by atoms with Gasteiger partial charge in [0.25, 0.3) is 11.1 Å². The highest BCUT2D eigenvalue weighted by molar-refractivity contribution is 7.99. The fourth-order valence-electron chi connectivity index (χ4n) is 1.31. The van der Waals surface area contributed by atoms with Crippen LogP contribution in [-0.4, -0.2) is 23.1 Å². The van der Waals surface area contributed by atoms with Gasteiger partial charge in [-0.2, -0.15) is 0 Å². The molecular weight excluding hydrogens is 252 g/mol. The van der Waals surface area contributed by atoms with Crippen LogP contribution in [0.25, 0.3) is 0 Å². The van der Waals surface area contributed by atoms with Gasteiger partial charge in [0.2, 0.25) is 0 Å². The minimum atomic E-state index is 0.254. The first-order valence-corrected chi connectivity index (χ1v) is 6.52. The van der Waals surface area contributed by atoms with E-state index in [0.717, 1.165) is 11.5 Å². The second kappa shape index (κ2) is 6.30. The summed E-state index contributed by atoms with van der Waals surface area (Å²) in [6, 6.07) is 7.37.